The Bertz CT molecular complexity index is 818. The molecule has 1 atom stereocenters. The van der Waals surface area contributed by atoms with E-state index in [1.54, 1.807) is 25.1 Å². The van der Waals surface area contributed by atoms with Crippen LogP contribution in [0.4, 0.5) is 4.39 Å². The second-order valence-electron chi connectivity index (χ2n) is 5.56. The van der Waals surface area contributed by atoms with Crippen LogP contribution in [0.5, 0.6) is 5.75 Å². The molecule has 1 aliphatic heterocycles. The molecule has 4 nitrogen and oxygen atoms in total. The molecule has 23 heavy (non-hydrogen) atoms. The topological polar surface area (TPSA) is 46.6 Å². The molecule has 0 saturated carbocycles. The Balaban J connectivity index is 1.97. The van der Waals surface area contributed by atoms with Crippen LogP contribution in [0.15, 0.2) is 47.4 Å². The van der Waals surface area contributed by atoms with E-state index in [2.05, 4.69) is 0 Å². The quantitative estimate of drug-likeness (QED) is 0.866. The fourth-order valence-electron chi connectivity index (χ4n) is 2.97. The van der Waals surface area contributed by atoms with Gasteiger partial charge in [-0.15, -0.1) is 0 Å². The number of nitrogens with zero attached hydrogens (tertiary/aromatic N) is 1. The minimum absolute atomic E-state index is 0.213. The smallest absolute Gasteiger partial charge is 0.243 e. The van der Waals surface area contributed by atoms with E-state index in [1.165, 1.54) is 35.7 Å². The number of rotatable bonds is 3. The molecule has 0 radical (unpaired) electrons. The summed E-state index contributed by atoms with van der Waals surface area (Å²) in [6.07, 6.45) is 0.579. The van der Waals surface area contributed by atoms with Gasteiger partial charge in [0.2, 0.25) is 10.0 Å². The minimum atomic E-state index is -3.64. The van der Waals surface area contributed by atoms with Crippen molar-refractivity contribution in [3.63, 3.8) is 0 Å². The van der Waals surface area contributed by atoms with Crippen LogP contribution in [-0.2, 0) is 16.4 Å². The largest absolute Gasteiger partial charge is 0.497 e. The molecular weight excluding hydrogens is 317 g/mol. The highest BCUT2D eigenvalue weighted by Crippen LogP contribution is 2.34. The summed E-state index contributed by atoms with van der Waals surface area (Å²) in [7, 11) is -2.11. The Labute approximate surface area is 135 Å². The first kappa shape index (κ1) is 16.0. The molecule has 6 heteroatoms. The number of halogens is 1. The zero-order chi connectivity index (χ0) is 16.6. The first-order valence-corrected chi connectivity index (χ1v) is 8.81. The van der Waals surface area contributed by atoms with Crippen molar-refractivity contribution in [2.24, 2.45) is 0 Å². The van der Waals surface area contributed by atoms with Crippen LogP contribution in [0.2, 0.25) is 0 Å². The van der Waals surface area contributed by atoms with Gasteiger partial charge >= 0.3 is 0 Å². The molecule has 0 saturated heterocycles. The number of methoxy groups -OCH3 is 1. The average molecular weight is 335 g/mol. The summed E-state index contributed by atoms with van der Waals surface area (Å²) in [6.45, 7) is 2.17. The van der Waals surface area contributed by atoms with Crippen molar-refractivity contribution in [1.29, 1.82) is 0 Å². The van der Waals surface area contributed by atoms with Crippen LogP contribution in [0, 0.1) is 5.82 Å². The van der Waals surface area contributed by atoms with E-state index < -0.39 is 16.1 Å². The number of sulfonamides is 1. The highest BCUT2D eigenvalue weighted by atomic mass is 32.2. The summed E-state index contributed by atoms with van der Waals surface area (Å²) >= 11 is 0. The van der Waals surface area contributed by atoms with Gasteiger partial charge in [0.15, 0.2) is 0 Å². The van der Waals surface area contributed by atoms with Crippen molar-refractivity contribution in [2.45, 2.75) is 24.3 Å². The van der Waals surface area contributed by atoms with Crippen molar-refractivity contribution in [2.75, 3.05) is 13.7 Å². The highest BCUT2D eigenvalue weighted by Gasteiger charge is 2.34. The fourth-order valence-corrected chi connectivity index (χ4v) is 4.59. The molecule has 0 aromatic heterocycles. The third kappa shape index (κ3) is 2.84. The van der Waals surface area contributed by atoms with Crippen molar-refractivity contribution in [3.05, 3.63) is 59.4 Å². The van der Waals surface area contributed by atoms with Crippen LogP contribution in [0.25, 0.3) is 0 Å². The fraction of sp³-hybridized carbons (Fsp3) is 0.294. The molecule has 3 rings (SSSR count). The third-order valence-electron chi connectivity index (χ3n) is 4.26. The first-order chi connectivity index (χ1) is 10.9. The molecule has 0 N–H and O–H groups in total. The van der Waals surface area contributed by atoms with E-state index in [0.717, 1.165) is 11.1 Å². The van der Waals surface area contributed by atoms with E-state index in [0.29, 0.717) is 18.7 Å². The van der Waals surface area contributed by atoms with Gasteiger partial charge in [-0.05, 0) is 60.9 Å². The van der Waals surface area contributed by atoms with E-state index in [4.69, 9.17) is 4.74 Å². The zero-order valence-electron chi connectivity index (χ0n) is 13.0. The Morgan fingerprint density at radius 2 is 1.87 bits per heavy atom. The van der Waals surface area contributed by atoms with Crippen LogP contribution in [0.1, 0.15) is 24.1 Å². The molecule has 2 aromatic carbocycles. The second kappa shape index (κ2) is 5.94. The Morgan fingerprint density at radius 1 is 1.17 bits per heavy atom. The Kier molecular flexibility index (Phi) is 4.12. The molecule has 1 unspecified atom stereocenters. The molecule has 2 aromatic rings. The maximum Gasteiger partial charge on any atom is 0.243 e. The van der Waals surface area contributed by atoms with Crippen LogP contribution in [0.3, 0.4) is 0 Å². The van der Waals surface area contributed by atoms with Gasteiger partial charge in [-0.25, -0.2) is 12.8 Å². The van der Waals surface area contributed by atoms with E-state index in [9.17, 15) is 12.8 Å². The first-order valence-electron chi connectivity index (χ1n) is 7.37. The van der Waals surface area contributed by atoms with Gasteiger partial charge in [0, 0.05) is 12.6 Å². The standard InChI is InChI=1S/C17H18FNO3S/c1-12-17-11-14(18)4-3-13(17)9-10-19(12)23(20,21)16-7-5-15(22-2)6-8-16/h3-8,11-12H,9-10H2,1-2H3. The van der Waals surface area contributed by atoms with E-state index in [-0.39, 0.29) is 10.7 Å². The van der Waals surface area contributed by atoms with Crippen molar-refractivity contribution in [3.8, 4) is 5.75 Å². The van der Waals surface area contributed by atoms with Gasteiger partial charge in [0.05, 0.1) is 12.0 Å². The molecule has 1 aliphatic rings. The number of ether oxygens (including phenoxy) is 1. The van der Waals surface area contributed by atoms with Crippen LogP contribution in [-0.4, -0.2) is 26.4 Å². The average Bonchev–Trinajstić information content (AvgIpc) is 2.55. The summed E-state index contributed by atoms with van der Waals surface area (Å²) in [5.41, 5.74) is 1.73. The lowest BCUT2D eigenvalue weighted by Crippen LogP contribution is -2.38. The summed E-state index contributed by atoms with van der Waals surface area (Å²) in [5, 5.41) is 0. The molecular formula is C17H18FNO3S. The van der Waals surface area contributed by atoms with Crippen LogP contribution >= 0.6 is 0 Å². The van der Waals surface area contributed by atoms with Crippen LogP contribution < -0.4 is 4.74 Å². The molecule has 0 aliphatic carbocycles. The SMILES string of the molecule is COc1ccc(S(=O)(=O)N2CCc3ccc(F)cc3C2C)cc1. The predicted molar refractivity (Wildman–Crippen MR) is 85.4 cm³/mol. The number of fused-ring (bicyclic) bond motifs is 1. The van der Waals surface area contributed by atoms with Gasteiger partial charge in [0.1, 0.15) is 11.6 Å². The highest BCUT2D eigenvalue weighted by molar-refractivity contribution is 7.89. The summed E-state index contributed by atoms with van der Waals surface area (Å²) in [6, 6.07) is 10.5. The summed E-state index contributed by atoms with van der Waals surface area (Å²) in [4.78, 5) is 0.213. The van der Waals surface area contributed by atoms with Gasteiger partial charge in [-0.2, -0.15) is 4.31 Å². The van der Waals surface area contributed by atoms with Gasteiger partial charge in [-0.1, -0.05) is 6.07 Å². The summed E-state index contributed by atoms with van der Waals surface area (Å²) in [5.74, 6) is 0.252. The normalized spacial score (nSPS) is 18.5. The maximum absolute atomic E-state index is 13.5. The lowest BCUT2D eigenvalue weighted by molar-refractivity contribution is 0.325. The molecule has 0 bridgehead atoms. The van der Waals surface area contributed by atoms with Crippen molar-refractivity contribution >= 4 is 10.0 Å². The van der Waals surface area contributed by atoms with Crippen molar-refractivity contribution in [1.82, 2.24) is 4.31 Å². The minimum Gasteiger partial charge on any atom is -0.497 e. The Morgan fingerprint density at radius 3 is 2.52 bits per heavy atom. The molecule has 1 heterocycles. The predicted octanol–water partition coefficient (Wildman–Crippen LogP) is 3.14. The zero-order valence-corrected chi connectivity index (χ0v) is 13.8. The monoisotopic (exact) mass is 335 g/mol. The molecule has 0 amide bonds. The lowest BCUT2D eigenvalue weighted by atomic mass is 9.95. The third-order valence-corrected chi connectivity index (χ3v) is 6.24. The Hall–Kier alpha value is -1.92. The molecule has 122 valence electrons. The number of hydrogen-bond acceptors (Lipinski definition) is 3. The van der Waals surface area contributed by atoms with Gasteiger partial charge in [0.25, 0.3) is 0 Å². The number of hydrogen-bond donors (Lipinski definition) is 0. The summed E-state index contributed by atoms with van der Waals surface area (Å²) < 4.78 is 45.8. The molecule has 0 spiro atoms. The van der Waals surface area contributed by atoms with E-state index >= 15 is 0 Å². The van der Waals surface area contributed by atoms with Gasteiger partial charge in [-0.3, -0.25) is 0 Å². The van der Waals surface area contributed by atoms with E-state index in [1.807, 2.05) is 0 Å². The van der Waals surface area contributed by atoms with Gasteiger partial charge < -0.3 is 4.74 Å². The number of benzene rings is 2. The second-order valence-corrected chi connectivity index (χ2v) is 7.45. The molecule has 0 fully saturated rings. The maximum atomic E-state index is 13.5. The lowest BCUT2D eigenvalue weighted by Gasteiger charge is -2.34. The van der Waals surface area contributed by atoms with Crippen molar-refractivity contribution < 1.29 is 17.5 Å².